The first-order valence-corrected chi connectivity index (χ1v) is 2.27. The maximum absolute atomic E-state index is 11.4. The summed E-state index contributed by atoms with van der Waals surface area (Å²) in [5.74, 6) is 0. The molecule has 0 aromatic rings. The van der Waals surface area contributed by atoms with Crippen LogP contribution in [0.2, 0.25) is 0 Å². The molecule has 0 fully saturated rings. The third kappa shape index (κ3) is 2.43. The Morgan fingerprint density at radius 1 is 1.50 bits per heavy atom. The van der Waals surface area contributed by atoms with Gasteiger partial charge in [-0.05, 0) is 11.6 Å². The summed E-state index contributed by atoms with van der Waals surface area (Å²) in [5.41, 5.74) is 0. The minimum absolute atomic E-state index is 0.450. The molecule has 0 saturated heterocycles. The van der Waals surface area contributed by atoms with Gasteiger partial charge in [0, 0.05) is 0 Å². The highest BCUT2D eigenvalue weighted by molar-refractivity contribution is 6.37. The maximum atomic E-state index is 11.4. The zero-order chi connectivity index (χ0) is 6.78. The molecule has 0 atom stereocenters. The van der Waals surface area contributed by atoms with Gasteiger partial charge in [-0.25, -0.2) is 4.39 Å². The van der Waals surface area contributed by atoms with Crippen LogP contribution in [0.1, 0.15) is 0 Å². The van der Waals surface area contributed by atoms with Crippen molar-refractivity contribution >= 4 is 23.2 Å². The van der Waals surface area contributed by atoms with Crippen molar-refractivity contribution in [3.63, 3.8) is 0 Å². The normalized spacial score (nSPS) is 14.4. The predicted molar refractivity (Wildman–Crippen MR) is 25.8 cm³/mol. The van der Waals surface area contributed by atoms with E-state index in [-0.39, 0.29) is 0 Å². The highest BCUT2D eigenvalue weighted by Gasteiger charge is 2.29. The van der Waals surface area contributed by atoms with Crippen molar-refractivity contribution in [2.24, 2.45) is 0 Å². The molecular weight excluding hydrogens is 164 g/mol. The minimum atomic E-state index is -3.77. The van der Waals surface area contributed by atoms with Crippen LogP contribution in [0.3, 0.4) is 0 Å². The van der Waals surface area contributed by atoms with Crippen LogP contribution in [0.5, 0.6) is 0 Å². The summed E-state index contributed by atoms with van der Waals surface area (Å²) in [5, 5.41) is -5.07. The van der Waals surface area contributed by atoms with E-state index in [1.807, 2.05) is 0 Å². The highest BCUT2D eigenvalue weighted by Crippen LogP contribution is 2.30. The van der Waals surface area contributed by atoms with Crippen molar-refractivity contribution in [2.75, 3.05) is 0 Å². The lowest BCUT2D eigenvalue weighted by molar-refractivity contribution is 0.146. The standard InChI is InChI=1S/C3HCl2F3/c4-2(1-6)3(5,7)8/h1H/b2-1+. The van der Waals surface area contributed by atoms with Crippen LogP contribution in [0.25, 0.3) is 0 Å². The molecule has 0 unspecified atom stereocenters. The third-order valence-electron chi connectivity index (χ3n) is 0.367. The zero-order valence-corrected chi connectivity index (χ0v) is 4.98. The van der Waals surface area contributed by atoms with Crippen molar-refractivity contribution in [1.29, 1.82) is 0 Å². The quantitative estimate of drug-likeness (QED) is 0.524. The van der Waals surface area contributed by atoms with E-state index < -0.39 is 16.7 Å². The summed E-state index contributed by atoms with van der Waals surface area (Å²) >= 11 is 8.76. The lowest BCUT2D eigenvalue weighted by Gasteiger charge is -2.01. The average molecular weight is 165 g/mol. The van der Waals surface area contributed by atoms with Crippen LogP contribution in [-0.2, 0) is 0 Å². The molecule has 0 amide bonds. The Morgan fingerprint density at radius 2 is 1.88 bits per heavy atom. The van der Waals surface area contributed by atoms with Gasteiger partial charge in [0.1, 0.15) is 11.4 Å². The van der Waals surface area contributed by atoms with Gasteiger partial charge in [0.25, 0.3) is 0 Å². The molecule has 0 spiro atoms. The van der Waals surface area contributed by atoms with Gasteiger partial charge in [-0.15, -0.1) is 0 Å². The van der Waals surface area contributed by atoms with Crippen molar-refractivity contribution in [1.82, 2.24) is 0 Å². The molecule has 0 rings (SSSR count). The molecule has 0 aliphatic rings. The highest BCUT2D eigenvalue weighted by atomic mass is 35.5. The monoisotopic (exact) mass is 164 g/mol. The van der Waals surface area contributed by atoms with E-state index in [4.69, 9.17) is 0 Å². The summed E-state index contributed by atoms with van der Waals surface area (Å²) < 4.78 is 33.9. The molecule has 0 aliphatic carbocycles. The van der Waals surface area contributed by atoms with Gasteiger partial charge in [-0.2, -0.15) is 8.78 Å². The molecule has 0 heterocycles. The topological polar surface area (TPSA) is 0 Å². The van der Waals surface area contributed by atoms with Crippen LogP contribution in [0.15, 0.2) is 11.4 Å². The molecule has 8 heavy (non-hydrogen) atoms. The number of hydrogen-bond acceptors (Lipinski definition) is 0. The summed E-state index contributed by atoms with van der Waals surface area (Å²) in [6.07, 6.45) is -0.450. The summed E-state index contributed by atoms with van der Waals surface area (Å²) in [7, 11) is 0. The molecule has 48 valence electrons. The van der Waals surface area contributed by atoms with E-state index in [2.05, 4.69) is 23.2 Å². The van der Waals surface area contributed by atoms with E-state index in [1.54, 1.807) is 0 Å². The van der Waals surface area contributed by atoms with Crippen LogP contribution in [0, 0.1) is 0 Å². The Bertz CT molecular complexity index is 104. The Hall–Kier alpha value is 0.110. The molecule has 0 bridgehead atoms. The summed E-state index contributed by atoms with van der Waals surface area (Å²) in [6, 6.07) is 0. The van der Waals surface area contributed by atoms with E-state index >= 15 is 0 Å². The lowest BCUT2D eigenvalue weighted by Crippen LogP contribution is -2.03. The van der Waals surface area contributed by atoms with Crippen LogP contribution in [0.4, 0.5) is 13.2 Å². The van der Waals surface area contributed by atoms with E-state index in [0.717, 1.165) is 0 Å². The van der Waals surface area contributed by atoms with Crippen molar-refractivity contribution in [2.45, 2.75) is 5.38 Å². The summed E-state index contributed by atoms with van der Waals surface area (Å²) in [6.45, 7) is 0. The van der Waals surface area contributed by atoms with Gasteiger partial charge in [-0.3, -0.25) is 0 Å². The average Bonchev–Trinajstić information content (AvgIpc) is 1.62. The number of hydrogen-bond donors (Lipinski definition) is 0. The van der Waals surface area contributed by atoms with Gasteiger partial charge in [-0.1, -0.05) is 11.6 Å². The molecule has 0 N–H and O–H groups in total. The minimum Gasteiger partial charge on any atom is -0.214 e. The second-order valence-corrected chi connectivity index (χ2v) is 1.84. The molecular formula is C3HCl2F3. The third-order valence-corrected chi connectivity index (χ3v) is 0.987. The Morgan fingerprint density at radius 3 is 1.88 bits per heavy atom. The molecule has 5 heteroatoms. The summed E-state index contributed by atoms with van der Waals surface area (Å²) in [4.78, 5) is 0. The second-order valence-electron chi connectivity index (χ2n) is 0.955. The maximum Gasteiger partial charge on any atom is 0.360 e. The van der Waals surface area contributed by atoms with Gasteiger partial charge >= 0.3 is 5.38 Å². The number of halogens is 5. The first-order valence-electron chi connectivity index (χ1n) is 1.51. The van der Waals surface area contributed by atoms with Crippen molar-refractivity contribution in [3.05, 3.63) is 11.4 Å². The molecule has 0 aromatic heterocycles. The van der Waals surface area contributed by atoms with Gasteiger partial charge < -0.3 is 0 Å². The van der Waals surface area contributed by atoms with Gasteiger partial charge in [0.05, 0.1) is 0 Å². The van der Waals surface area contributed by atoms with E-state index in [0.29, 0.717) is 0 Å². The molecule has 0 aromatic carbocycles. The number of allylic oxidation sites excluding steroid dienone is 1. The Balaban J connectivity index is 4.03. The predicted octanol–water partition coefficient (Wildman–Crippen LogP) is 2.87. The molecule has 0 radical (unpaired) electrons. The molecule has 0 nitrogen and oxygen atoms in total. The van der Waals surface area contributed by atoms with E-state index in [1.165, 1.54) is 0 Å². The smallest absolute Gasteiger partial charge is 0.214 e. The number of alkyl halides is 3. The van der Waals surface area contributed by atoms with Crippen LogP contribution < -0.4 is 0 Å². The largest absolute Gasteiger partial charge is 0.360 e. The Kier molecular flexibility index (Phi) is 2.63. The fraction of sp³-hybridized carbons (Fsp3) is 0.333. The van der Waals surface area contributed by atoms with Gasteiger partial charge in [0.2, 0.25) is 0 Å². The SMILES string of the molecule is F/C=C(/Cl)C(F)(F)Cl. The lowest BCUT2D eigenvalue weighted by atomic mass is 10.6. The second kappa shape index (κ2) is 2.60. The zero-order valence-electron chi connectivity index (χ0n) is 3.47. The fourth-order valence-electron chi connectivity index (χ4n) is 0.0619. The first kappa shape index (κ1) is 8.11. The van der Waals surface area contributed by atoms with E-state index in [9.17, 15) is 13.2 Å². The van der Waals surface area contributed by atoms with Crippen LogP contribution >= 0.6 is 23.2 Å². The van der Waals surface area contributed by atoms with Crippen LogP contribution in [-0.4, -0.2) is 5.38 Å². The Labute approximate surface area is 53.9 Å². The molecule has 0 saturated carbocycles. The first-order chi connectivity index (χ1) is 3.48. The molecule has 0 aliphatic heterocycles. The van der Waals surface area contributed by atoms with Crippen molar-refractivity contribution in [3.8, 4) is 0 Å². The van der Waals surface area contributed by atoms with Gasteiger partial charge in [0.15, 0.2) is 0 Å². The van der Waals surface area contributed by atoms with Crippen molar-refractivity contribution < 1.29 is 13.2 Å². The fourth-order valence-corrected chi connectivity index (χ4v) is 0.103. The number of rotatable bonds is 1.